The smallest absolute Gasteiger partial charge is 0.481 e. The van der Waals surface area contributed by atoms with Gasteiger partial charge in [-0.25, -0.2) is 0 Å². The third kappa shape index (κ3) is 9.98. The molecule has 0 bridgehead atoms. The molecule has 4 nitrogen and oxygen atoms in total. The van der Waals surface area contributed by atoms with Crippen LogP contribution in [0.3, 0.4) is 0 Å². The van der Waals surface area contributed by atoms with Gasteiger partial charge in [-0.15, -0.1) is 23.3 Å². The first-order chi connectivity index (χ1) is 19.6. The minimum absolute atomic E-state index is 0. The normalized spacial score (nSPS) is 9.36. The Morgan fingerprint density at radius 1 is 0.524 bits per heavy atom. The zero-order valence-corrected chi connectivity index (χ0v) is 26.1. The molecule has 2 heterocycles. The van der Waals surface area contributed by atoms with Gasteiger partial charge in [0.05, 0.1) is 0 Å². The van der Waals surface area contributed by atoms with Crippen molar-refractivity contribution in [3.63, 3.8) is 0 Å². The molecule has 0 radical (unpaired) electrons. The van der Waals surface area contributed by atoms with E-state index >= 15 is 0 Å². The number of aromatic nitrogens is 2. The minimum Gasteiger partial charge on any atom is -0.481 e. The van der Waals surface area contributed by atoms with Gasteiger partial charge in [0, 0.05) is 6.92 Å². The summed E-state index contributed by atoms with van der Waals surface area (Å²) in [6.45, 7) is 1.08. The Balaban J connectivity index is 0.000000250. The van der Waals surface area contributed by atoms with Crippen molar-refractivity contribution in [1.29, 1.82) is 0 Å². The van der Waals surface area contributed by atoms with Crippen LogP contribution in [0.5, 0.6) is 0 Å². The van der Waals surface area contributed by atoms with E-state index in [-0.39, 0.29) is 30.3 Å². The van der Waals surface area contributed by atoms with Gasteiger partial charge in [0.15, 0.2) is 0 Å². The Morgan fingerprint density at radius 3 is 1.07 bits per heavy atom. The molecule has 0 aliphatic heterocycles. The molecule has 0 amide bonds. The number of rotatable bonds is 4. The number of benzene rings is 4. The fourth-order valence-electron chi connectivity index (χ4n) is 4.08. The second-order valence-corrected chi connectivity index (χ2v) is 8.67. The summed E-state index contributed by atoms with van der Waals surface area (Å²) < 4.78 is 0. The topological polar surface area (TPSA) is 63.1 Å². The summed E-state index contributed by atoms with van der Waals surface area (Å²) in [4.78, 5) is 17.2. The Morgan fingerprint density at radius 2 is 0.786 bits per heavy atom. The van der Waals surface area contributed by atoms with Crippen LogP contribution < -0.4 is 0 Å². The summed E-state index contributed by atoms with van der Waals surface area (Å²) in [5.41, 5.74) is 9.08. The molecule has 1 unspecified atom stereocenters. The number of carboxylic acid groups (broad SMARTS) is 1. The number of hydrogen-bond donors (Lipinski definition) is 1. The molecular weight excluding hydrogens is 630 g/mol. The fourth-order valence-corrected chi connectivity index (χ4v) is 4.08. The molecular formula is C36H31N2O2PPd. The van der Waals surface area contributed by atoms with Crippen LogP contribution in [0.15, 0.2) is 146 Å². The molecule has 0 spiro atoms. The van der Waals surface area contributed by atoms with Crippen LogP contribution >= 0.6 is 9.90 Å². The van der Waals surface area contributed by atoms with Crippen LogP contribution in [0.25, 0.3) is 44.5 Å². The summed E-state index contributed by atoms with van der Waals surface area (Å²) in [7, 11) is 0. The molecule has 1 N–H and O–H groups in total. The van der Waals surface area contributed by atoms with Gasteiger partial charge in [0.25, 0.3) is 5.97 Å². The van der Waals surface area contributed by atoms with E-state index in [4.69, 9.17) is 9.90 Å². The Bertz CT molecular complexity index is 1380. The van der Waals surface area contributed by atoms with Gasteiger partial charge < -0.3 is 15.1 Å². The van der Waals surface area contributed by atoms with Crippen molar-refractivity contribution < 1.29 is 30.3 Å². The van der Waals surface area contributed by atoms with E-state index in [0.29, 0.717) is 0 Å². The molecule has 0 aliphatic carbocycles. The maximum Gasteiger partial charge on any atom is 2.00 e. The van der Waals surface area contributed by atoms with Crippen LogP contribution in [0.4, 0.5) is 0 Å². The Hall–Kier alpha value is -4.26. The number of hydrogen-bond acceptors (Lipinski definition) is 3. The number of nitrogens with zero attached hydrogens (tertiary/aromatic N) is 2. The number of pyridine rings is 2. The summed E-state index contributed by atoms with van der Waals surface area (Å²) in [6, 6.07) is 45.2. The average Bonchev–Trinajstić information content (AvgIpc) is 3.03. The largest absolute Gasteiger partial charge is 2.00 e. The quantitative estimate of drug-likeness (QED) is 0.117. The second kappa shape index (κ2) is 18.2. The molecule has 0 saturated heterocycles. The molecule has 6 aromatic rings. The second-order valence-electron chi connectivity index (χ2n) is 8.67. The molecule has 0 saturated carbocycles. The van der Waals surface area contributed by atoms with Crippen LogP contribution in [-0.2, 0) is 25.2 Å². The van der Waals surface area contributed by atoms with Crippen molar-refractivity contribution in [3.05, 3.63) is 158 Å². The van der Waals surface area contributed by atoms with E-state index in [1.165, 1.54) is 11.1 Å². The van der Waals surface area contributed by atoms with Crippen LogP contribution in [0.1, 0.15) is 6.92 Å². The first-order valence-corrected chi connectivity index (χ1v) is 12.8. The molecule has 42 heavy (non-hydrogen) atoms. The van der Waals surface area contributed by atoms with Crippen LogP contribution in [0.2, 0.25) is 0 Å². The van der Waals surface area contributed by atoms with Crippen molar-refractivity contribution >= 4 is 15.9 Å². The maximum absolute atomic E-state index is 9.00. The maximum atomic E-state index is 9.00. The van der Waals surface area contributed by atoms with Crippen molar-refractivity contribution in [3.8, 4) is 44.5 Å². The minimum atomic E-state index is -0.833. The van der Waals surface area contributed by atoms with Gasteiger partial charge >= 0.3 is 20.4 Å². The van der Waals surface area contributed by atoms with E-state index in [0.717, 1.165) is 40.3 Å². The molecule has 2 aromatic heterocycles. The van der Waals surface area contributed by atoms with Gasteiger partial charge in [-0.3, -0.25) is 4.79 Å². The summed E-state index contributed by atoms with van der Waals surface area (Å²) in [6.07, 6.45) is 9.78. The molecule has 212 valence electrons. The zero-order chi connectivity index (χ0) is 28.0. The monoisotopic (exact) mass is 660 g/mol. The van der Waals surface area contributed by atoms with Crippen LogP contribution in [0, 0.1) is 12.4 Å². The molecule has 4 aromatic carbocycles. The number of aliphatic carboxylic acids is 1. The summed E-state index contributed by atoms with van der Waals surface area (Å²) in [5.74, 6) is -0.833. The number of carbonyl (C=O) groups is 1. The van der Waals surface area contributed by atoms with Gasteiger partial charge in [-0.2, -0.15) is 9.90 Å². The zero-order valence-electron chi connectivity index (χ0n) is 23.1. The number of carboxylic acids is 1. The van der Waals surface area contributed by atoms with E-state index in [9.17, 15) is 0 Å². The first-order valence-electron chi connectivity index (χ1n) is 12.8. The Kier molecular flexibility index (Phi) is 14.7. The Labute approximate surface area is 264 Å². The van der Waals surface area contributed by atoms with Crippen molar-refractivity contribution in [2.45, 2.75) is 6.92 Å². The van der Waals surface area contributed by atoms with Gasteiger partial charge in [-0.1, -0.05) is 167 Å². The third-order valence-electron chi connectivity index (χ3n) is 5.82. The van der Waals surface area contributed by atoms with Gasteiger partial charge in [-0.05, 0) is 12.4 Å². The standard InChI is InChI=1S/2C17H12N.C2H4O2.H3P.Pd/c2*1-3-7-14(8-4-1)16-11-12-18-13-17(16)15-9-5-2-6-10-15;1-2(3)4;;/h2*1-12H;1H3,(H,3,4);1H3;/q2*-1;;;+2. The van der Waals surface area contributed by atoms with E-state index in [1.54, 1.807) is 12.4 Å². The van der Waals surface area contributed by atoms with Crippen molar-refractivity contribution in [2.75, 3.05) is 0 Å². The summed E-state index contributed by atoms with van der Waals surface area (Å²) >= 11 is 0. The fraction of sp³-hybridized carbons (Fsp3) is 0.0278. The average molecular weight is 661 g/mol. The van der Waals surface area contributed by atoms with Crippen molar-refractivity contribution in [2.24, 2.45) is 0 Å². The van der Waals surface area contributed by atoms with E-state index in [2.05, 4.69) is 70.9 Å². The van der Waals surface area contributed by atoms with Gasteiger partial charge in [0.2, 0.25) is 0 Å². The first kappa shape index (κ1) is 33.9. The third-order valence-corrected chi connectivity index (χ3v) is 5.82. The predicted octanol–water partition coefficient (Wildman–Crippen LogP) is 8.58. The van der Waals surface area contributed by atoms with Crippen LogP contribution in [-0.4, -0.2) is 21.0 Å². The molecule has 0 aliphatic rings. The summed E-state index contributed by atoms with van der Waals surface area (Å²) in [5, 5.41) is 7.42. The van der Waals surface area contributed by atoms with E-state index < -0.39 is 5.97 Å². The molecule has 0 fully saturated rings. The molecule has 6 rings (SSSR count). The molecule has 6 heteroatoms. The van der Waals surface area contributed by atoms with Crippen molar-refractivity contribution in [1.82, 2.24) is 9.97 Å². The van der Waals surface area contributed by atoms with E-state index in [1.807, 2.05) is 84.9 Å². The SMILES string of the molecule is CC(=O)O.P.[Pd+2].[c-]1nccc(-c2ccccc2)c1-c1ccccc1.[c-]1nccc(-c2ccccc2)c1-c1ccccc1. The predicted molar refractivity (Wildman–Crippen MR) is 172 cm³/mol. The molecule has 1 atom stereocenters. The van der Waals surface area contributed by atoms with Gasteiger partial charge in [0.1, 0.15) is 0 Å².